The Kier molecular flexibility index (Phi) is 5.99. The third-order valence-corrected chi connectivity index (χ3v) is 1.80. The van der Waals surface area contributed by atoms with E-state index in [0.29, 0.717) is 19.3 Å². The smallest absolute Gasteiger partial charge is 0.376 e. The van der Waals surface area contributed by atoms with E-state index in [1.807, 2.05) is 0 Å². The Bertz CT molecular complexity index is 192. The number of unbranched alkanes of at least 4 members (excludes halogenated alkanes) is 3. The fraction of sp³-hybridized carbons (Fsp3) is 0.778. The molecule has 0 fully saturated rings. The molecular formula is C9H14F2O3. The summed E-state index contributed by atoms with van der Waals surface area (Å²) in [6, 6.07) is 0. The van der Waals surface area contributed by atoms with Crippen LogP contribution in [0.15, 0.2) is 0 Å². The van der Waals surface area contributed by atoms with Crippen molar-refractivity contribution in [2.45, 2.75) is 38.0 Å². The number of hydrogen-bond donors (Lipinski definition) is 0. The standard InChI is InChI=1S/C9H14F2O3/c1-14-8(13)9(10,11)6-4-2-3-5-7-12/h7H,2-6H2,1H3. The molecule has 0 atom stereocenters. The topological polar surface area (TPSA) is 43.4 Å². The number of hydrogen-bond acceptors (Lipinski definition) is 3. The van der Waals surface area contributed by atoms with Gasteiger partial charge in [-0.1, -0.05) is 6.42 Å². The minimum Gasteiger partial charge on any atom is -0.465 e. The van der Waals surface area contributed by atoms with Gasteiger partial charge in [0.05, 0.1) is 7.11 Å². The molecule has 0 spiro atoms. The maximum Gasteiger partial charge on any atom is 0.376 e. The number of rotatable bonds is 7. The molecule has 0 aliphatic rings. The van der Waals surface area contributed by atoms with Gasteiger partial charge in [-0.05, 0) is 12.8 Å². The van der Waals surface area contributed by atoms with Crippen molar-refractivity contribution in [1.82, 2.24) is 0 Å². The molecule has 0 aromatic heterocycles. The summed E-state index contributed by atoms with van der Waals surface area (Å²) >= 11 is 0. The summed E-state index contributed by atoms with van der Waals surface area (Å²) in [7, 11) is 0.933. The van der Waals surface area contributed by atoms with Gasteiger partial charge in [0.2, 0.25) is 0 Å². The molecule has 0 aliphatic carbocycles. The van der Waals surface area contributed by atoms with Crippen molar-refractivity contribution in [3.05, 3.63) is 0 Å². The van der Waals surface area contributed by atoms with Gasteiger partial charge in [0.25, 0.3) is 0 Å². The Hall–Kier alpha value is -1.00. The summed E-state index contributed by atoms with van der Waals surface area (Å²) in [5.74, 6) is -4.89. The molecule has 3 nitrogen and oxygen atoms in total. The largest absolute Gasteiger partial charge is 0.465 e. The molecule has 0 heterocycles. The lowest BCUT2D eigenvalue weighted by molar-refractivity contribution is -0.169. The monoisotopic (exact) mass is 208 g/mol. The van der Waals surface area contributed by atoms with E-state index in [1.165, 1.54) is 0 Å². The van der Waals surface area contributed by atoms with E-state index in [-0.39, 0.29) is 6.42 Å². The Morgan fingerprint density at radius 1 is 1.36 bits per heavy atom. The molecule has 0 bridgehead atoms. The predicted molar refractivity (Wildman–Crippen MR) is 46.1 cm³/mol. The lowest BCUT2D eigenvalue weighted by Crippen LogP contribution is -2.29. The first-order chi connectivity index (χ1) is 6.54. The second kappa shape index (κ2) is 6.45. The summed E-state index contributed by atoms with van der Waals surface area (Å²) in [6.45, 7) is 0. The van der Waals surface area contributed by atoms with Crippen molar-refractivity contribution in [2.24, 2.45) is 0 Å². The van der Waals surface area contributed by atoms with Gasteiger partial charge < -0.3 is 9.53 Å². The summed E-state index contributed by atoms with van der Waals surface area (Å²) in [5.41, 5.74) is 0. The second-order valence-electron chi connectivity index (χ2n) is 2.96. The highest BCUT2D eigenvalue weighted by molar-refractivity contribution is 5.77. The van der Waals surface area contributed by atoms with Crippen LogP contribution in [0.25, 0.3) is 0 Å². The molecule has 5 heteroatoms. The van der Waals surface area contributed by atoms with Crippen LogP contribution in [-0.2, 0) is 14.3 Å². The average molecular weight is 208 g/mol. The zero-order valence-electron chi connectivity index (χ0n) is 8.09. The van der Waals surface area contributed by atoms with Crippen LogP contribution in [0, 0.1) is 0 Å². The number of carbonyl (C=O) groups is 2. The summed E-state index contributed by atoms with van der Waals surface area (Å²) in [6.07, 6.45) is 1.93. The zero-order valence-corrected chi connectivity index (χ0v) is 8.09. The van der Waals surface area contributed by atoms with Gasteiger partial charge in [-0.2, -0.15) is 8.78 Å². The van der Waals surface area contributed by atoms with Gasteiger partial charge in [-0.15, -0.1) is 0 Å². The first-order valence-corrected chi connectivity index (χ1v) is 4.44. The van der Waals surface area contributed by atoms with Crippen molar-refractivity contribution in [3.8, 4) is 0 Å². The number of carbonyl (C=O) groups excluding carboxylic acids is 2. The Labute approximate surface area is 81.4 Å². The summed E-state index contributed by atoms with van der Waals surface area (Å²) in [4.78, 5) is 20.4. The van der Waals surface area contributed by atoms with Crippen molar-refractivity contribution in [2.75, 3.05) is 7.11 Å². The number of ether oxygens (including phenoxy) is 1. The normalized spacial score (nSPS) is 11.1. The average Bonchev–Trinajstić information content (AvgIpc) is 2.16. The van der Waals surface area contributed by atoms with Crippen molar-refractivity contribution >= 4 is 12.3 Å². The maximum absolute atomic E-state index is 12.8. The number of aldehydes is 1. The molecule has 0 saturated heterocycles. The lowest BCUT2D eigenvalue weighted by Gasteiger charge is -2.12. The molecule has 0 amide bonds. The van der Waals surface area contributed by atoms with E-state index >= 15 is 0 Å². The molecule has 0 aromatic carbocycles. The molecule has 0 saturated carbocycles. The first kappa shape index (κ1) is 13.0. The van der Waals surface area contributed by atoms with Crippen LogP contribution in [0.1, 0.15) is 32.1 Å². The Balaban J connectivity index is 3.65. The molecule has 0 aliphatic heterocycles. The van der Waals surface area contributed by atoms with Gasteiger partial charge in [-0.25, -0.2) is 4.79 Å². The maximum atomic E-state index is 12.8. The van der Waals surface area contributed by atoms with E-state index < -0.39 is 18.3 Å². The number of alkyl halides is 2. The third-order valence-electron chi connectivity index (χ3n) is 1.80. The van der Waals surface area contributed by atoms with Crippen LogP contribution < -0.4 is 0 Å². The number of halogens is 2. The van der Waals surface area contributed by atoms with Crippen LogP contribution in [0.5, 0.6) is 0 Å². The van der Waals surface area contributed by atoms with Gasteiger partial charge in [0.1, 0.15) is 6.29 Å². The third kappa shape index (κ3) is 4.89. The summed E-state index contributed by atoms with van der Waals surface area (Å²) < 4.78 is 29.5. The van der Waals surface area contributed by atoms with Gasteiger partial charge in [0, 0.05) is 12.8 Å². The SMILES string of the molecule is COC(=O)C(F)(F)CCCCCC=O. The predicted octanol–water partition coefficient (Wildman–Crippen LogP) is 1.94. The first-order valence-electron chi connectivity index (χ1n) is 4.44. The minimum atomic E-state index is -3.39. The molecule has 0 rings (SSSR count). The Morgan fingerprint density at radius 2 is 2.00 bits per heavy atom. The van der Waals surface area contributed by atoms with Crippen LogP contribution in [-0.4, -0.2) is 25.3 Å². The van der Waals surface area contributed by atoms with E-state index in [0.717, 1.165) is 13.4 Å². The van der Waals surface area contributed by atoms with Crippen LogP contribution in [0.2, 0.25) is 0 Å². The Morgan fingerprint density at radius 3 is 2.50 bits per heavy atom. The second-order valence-corrected chi connectivity index (χ2v) is 2.96. The van der Waals surface area contributed by atoms with E-state index in [2.05, 4.69) is 4.74 Å². The molecular weight excluding hydrogens is 194 g/mol. The zero-order chi connectivity index (χ0) is 11.0. The lowest BCUT2D eigenvalue weighted by atomic mass is 10.1. The van der Waals surface area contributed by atoms with E-state index in [4.69, 9.17) is 0 Å². The molecule has 14 heavy (non-hydrogen) atoms. The summed E-state index contributed by atoms with van der Waals surface area (Å²) in [5, 5.41) is 0. The highest BCUT2D eigenvalue weighted by Gasteiger charge is 2.38. The molecule has 0 unspecified atom stereocenters. The van der Waals surface area contributed by atoms with Crippen LogP contribution >= 0.6 is 0 Å². The molecule has 0 aromatic rings. The van der Waals surface area contributed by atoms with Crippen LogP contribution in [0.4, 0.5) is 8.78 Å². The number of methoxy groups -OCH3 is 1. The van der Waals surface area contributed by atoms with Crippen molar-refractivity contribution in [3.63, 3.8) is 0 Å². The van der Waals surface area contributed by atoms with E-state index in [1.54, 1.807) is 0 Å². The van der Waals surface area contributed by atoms with E-state index in [9.17, 15) is 18.4 Å². The molecule has 0 radical (unpaired) electrons. The fourth-order valence-corrected chi connectivity index (χ4v) is 1.00. The molecule has 0 N–H and O–H groups in total. The quantitative estimate of drug-likeness (QED) is 0.365. The number of esters is 1. The van der Waals surface area contributed by atoms with Gasteiger partial charge in [-0.3, -0.25) is 0 Å². The van der Waals surface area contributed by atoms with Crippen molar-refractivity contribution in [1.29, 1.82) is 0 Å². The molecule has 82 valence electrons. The minimum absolute atomic E-state index is 0.218. The van der Waals surface area contributed by atoms with Crippen molar-refractivity contribution < 1.29 is 23.1 Å². The van der Waals surface area contributed by atoms with Gasteiger partial charge >= 0.3 is 11.9 Å². The van der Waals surface area contributed by atoms with Gasteiger partial charge in [0.15, 0.2) is 0 Å². The highest BCUT2D eigenvalue weighted by atomic mass is 19.3. The fourth-order valence-electron chi connectivity index (χ4n) is 1.00. The highest BCUT2D eigenvalue weighted by Crippen LogP contribution is 2.23. The van der Waals surface area contributed by atoms with Crippen LogP contribution in [0.3, 0.4) is 0 Å².